The van der Waals surface area contributed by atoms with E-state index in [1.807, 2.05) is 6.07 Å². The maximum Gasteiger partial charge on any atom is 0.123 e. The van der Waals surface area contributed by atoms with E-state index < -0.39 is 0 Å². The Morgan fingerprint density at radius 2 is 1.90 bits per heavy atom. The summed E-state index contributed by atoms with van der Waals surface area (Å²) < 4.78 is 13.5. The molecule has 0 unspecified atom stereocenters. The fraction of sp³-hybridized carbons (Fsp3) is 0.250. The topological polar surface area (TPSA) is 12.0 Å². The lowest BCUT2D eigenvalue weighted by Gasteiger charge is -2.11. The molecule has 2 rings (SSSR count). The van der Waals surface area contributed by atoms with Crippen LogP contribution in [-0.4, -0.2) is 6.54 Å². The van der Waals surface area contributed by atoms with Gasteiger partial charge in [-0.25, -0.2) is 4.39 Å². The third-order valence-electron chi connectivity index (χ3n) is 2.88. The van der Waals surface area contributed by atoms with Crippen molar-refractivity contribution in [1.29, 1.82) is 0 Å². The minimum atomic E-state index is -0.232. The quantitative estimate of drug-likeness (QED) is 0.666. The van der Waals surface area contributed by atoms with Gasteiger partial charge in [-0.2, -0.15) is 0 Å². The van der Waals surface area contributed by atoms with E-state index in [1.54, 1.807) is 24.3 Å². The zero-order chi connectivity index (χ0) is 15.2. The van der Waals surface area contributed by atoms with Crippen LogP contribution in [0.1, 0.15) is 18.9 Å². The lowest BCUT2D eigenvalue weighted by molar-refractivity contribution is 0.615. The van der Waals surface area contributed by atoms with E-state index in [0.29, 0.717) is 16.6 Å². The molecule has 0 aliphatic heterocycles. The summed E-state index contributed by atoms with van der Waals surface area (Å²) in [6.07, 6.45) is 1.04. The molecule has 0 aliphatic carbocycles. The summed E-state index contributed by atoms with van der Waals surface area (Å²) in [5.41, 5.74) is 0.921. The van der Waals surface area contributed by atoms with Gasteiger partial charge in [0.1, 0.15) is 5.82 Å². The lowest BCUT2D eigenvalue weighted by atomic mass is 10.2. The van der Waals surface area contributed by atoms with Crippen molar-refractivity contribution >= 4 is 35.0 Å². The second-order valence-corrected chi connectivity index (χ2v) is 6.53. The third-order valence-corrected chi connectivity index (χ3v) is 4.73. The molecule has 0 bridgehead atoms. The maximum absolute atomic E-state index is 13.5. The molecule has 2 aromatic carbocycles. The van der Waals surface area contributed by atoms with E-state index in [1.165, 1.54) is 17.8 Å². The summed E-state index contributed by atoms with van der Waals surface area (Å²) in [5.74, 6) is -0.232. The number of hydrogen-bond donors (Lipinski definition) is 1. The van der Waals surface area contributed by atoms with E-state index in [4.69, 9.17) is 23.2 Å². The molecular formula is C16H16Cl2FNS. The smallest absolute Gasteiger partial charge is 0.123 e. The number of benzene rings is 2. The predicted molar refractivity (Wildman–Crippen MR) is 89.0 cm³/mol. The Morgan fingerprint density at radius 1 is 1.10 bits per heavy atom. The van der Waals surface area contributed by atoms with Gasteiger partial charge in [-0.15, -0.1) is 0 Å². The van der Waals surface area contributed by atoms with Crippen molar-refractivity contribution < 1.29 is 4.39 Å². The normalized spacial score (nSPS) is 10.9. The van der Waals surface area contributed by atoms with Crippen molar-refractivity contribution in [2.24, 2.45) is 0 Å². The number of nitrogens with one attached hydrogen (secondary N) is 1. The van der Waals surface area contributed by atoms with Gasteiger partial charge in [-0.05, 0) is 54.9 Å². The lowest BCUT2D eigenvalue weighted by Crippen LogP contribution is -2.14. The Balaban J connectivity index is 2.24. The first-order chi connectivity index (χ1) is 10.1. The van der Waals surface area contributed by atoms with Gasteiger partial charge in [0.05, 0.1) is 5.02 Å². The van der Waals surface area contributed by atoms with Crippen molar-refractivity contribution in [3.8, 4) is 0 Å². The molecule has 0 aliphatic rings. The van der Waals surface area contributed by atoms with E-state index in [-0.39, 0.29) is 5.82 Å². The fourth-order valence-electron chi connectivity index (χ4n) is 1.86. The second-order valence-electron chi connectivity index (χ2n) is 4.61. The molecule has 5 heteroatoms. The van der Waals surface area contributed by atoms with Gasteiger partial charge >= 0.3 is 0 Å². The first-order valence-electron chi connectivity index (χ1n) is 6.72. The number of rotatable bonds is 6. The van der Waals surface area contributed by atoms with Crippen LogP contribution >= 0.6 is 35.0 Å². The molecule has 0 atom stereocenters. The van der Waals surface area contributed by atoms with E-state index in [2.05, 4.69) is 12.2 Å². The van der Waals surface area contributed by atoms with Gasteiger partial charge in [0.15, 0.2) is 0 Å². The molecule has 0 spiro atoms. The molecule has 0 radical (unpaired) electrons. The van der Waals surface area contributed by atoms with Gasteiger partial charge in [-0.1, -0.05) is 41.9 Å². The highest BCUT2D eigenvalue weighted by atomic mass is 35.5. The molecule has 0 fully saturated rings. The van der Waals surface area contributed by atoms with Crippen LogP contribution in [0.3, 0.4) is 0 Å². The van der Waals surface area contributed by atoms with Crippen LogP contribution < -0.4 is 5.32 Å². The first kappa shape index (κ1) is 16.6. The molecule has 0 saturated heterocycles. The molecule has 21 heavy (non-hydrogen) atoms. The fourth-order valence-corrected chi connectivity index (χ4v) is 3.32. The highest BCUT2D eigenvalue weighted by Gasteiger charge is 2.09. The molecule has 0 aromatic heterocycles. The molecule has 1 N–H and O–H groups in total. The van der Waals surface area contributed by atoms with Crippen molar-refractivity contribution in [3.63, 3.8) is 0 Å². The monoisotopic (exact) mass is 343 g/mol. The largest absolute Gasteiger partial charge is 0.313 e. The van der Waals surface area contributed by atoms with Crippen LogP contribution in [0.25, 0.3) is 0 Å². The van der Waals surface area contributed by atoms with Crippen molar-refractivity contribution in [2.45, 2.75) is 29.7 Å². The molecule has 0 amide bonds. The first-order valence-corrected chi connectivity index (χ1v) is 8.29. The zero-order valence-corrected chi connectivity index (χ0v) is 14.0. The van der Waals surface area contributed by atoms with E-state index in [9.17, 15) is 4.39 Å². The molecule has 2 aromatic rings. The minimum absolute atomic E-state index is 0.232. The summed E-state index contributed by atoms with van der Waals surface area (Å²) in [6.45, 7) is 3.63. The van der Waals surface area contributed by atoms with Gasteiger partial charge in [0, 0.05) is 21.4 Å². The Labute approximate surface area is 138 Å². The van der Waals surface area contributed by atoms with Crippen LogP contribution in [0, 0.1) is 5.82 Å². The Kier molecular flexibility index (Phi) is 6.37. The zero-order valence-electron chi connectivity index (χ0n) is 11.6. The van der Waals surface area contributed by atoms with Crippen LogP contribution in [0.4, 0.5) is 4.39 Å². The summed E-state index contributed by atoms with van der Waals surface area (Å²) in [5, 5.41) is 4.57. The Morgan fingerprint density at radius 3 is 2.67 bits per heavy atom. The van der Waals surface area contributed by atoms with Crippen LogP contribution in [0.2, 0.25) is 10.0 Å². The van der Waals surface area contributed by atoms with Crippen molar-refractivity contribution in [1.82, 2.24) is 5.32 Å². The average molecular weight is 344 g/mol. The molecular weight excluding hydrogens is 328 g/mol. The maximum atomic E-state index is 13.5. The van der Waals surface area contributed by atoms with Gasteiger partial charge in [0.25, 0.3) is 0 Å². The highest BCUT2D eigenvalue weighted by molar-refractivity contribution is 7.99. The Hall–Kier alpha value is -0.740. The minimum Gasteiger partial charge on any atom is -0.313 e. The molecule has 0 saturated carbocycles. The number of hydrogen-bond acceptors (Lipinski definition) is 2. The van der Waals surface area contributed by atoms with Gasteiger partial charge < -0.3 is 5.32 Å². The standard InChI is InChI=1S/C16H16Cl2FNS/c1-2-7-20-10-11-8-13(19)4-6-15(11)21-16-9-12(17)3-5-14(16)18/h3-6,8-9,20H,2,7,10H2,1H3. The predicted octanol–water partition coefficient (Wildman–Crippen LogP) is 5.78. The van der Waals surface area contributed by atoms with Crippen LogP contribution in [0.5, 0.6) is 0 Å². The van der Waals surface area contributed by atoms with Crippen molar-refractivity contribution in [3.05, 3.63) is 57.8 Å². The van der Waals surface area contributed by atoms with Crippen LogP contribution in [-0.2, 0) is 6.54 Å². The number of halogens is 3. The Bertz CT molecular complexity index is 619. The summed E-state index contributed by atoms with van der Waals surface area (Å²) in [6, 6.07) is 10.1. The summed E-state index contributed by atoms with van der Waals surface area (Å²) in [7, 11) is 0. The summed E-state index contributed by atoms with van der Waals surface area (Å²) in [4.78, 5) is 1.84. The molecule has 112 valence electrons. The molecule has 1 nitrogen and oxygen atoms in total. The highest BCUT2D eigenvalue weighted by Crippen LogP contribution is 2.36. The third kappa shape index (κ3) is 4.89. The van der Waals surface area contributed by atoms with Crippen LogP contribution in [0.15, 0.2) is 46.2 Å². The van der Waals surface area contributed by atoms with Gasteiger partial charge in [0.2, 0.25) is 0 Å². The SMILES string of the molecule is CCCNCc1cc(F)ccc1Sc1cc(Cl)ccc1Cl. The average Bonchev–Trinajstić information content (AvgIpc) is 2.46. The van der Waals surface area contributed by atoms with E-state index in [0.717, 1.165) is 28.3 Å². The van der Waals surface area contributed by atoms with Gasteiger partial charge in [-0.3, -0.25) is 0 Å². The molecule has 0 heterocycles. The van der Waals surface area contributed by atoms with Crippen molar-refractivity contribution in [2.75, 3.05) is 6.54 Å². The summed E-state index contributed by atoms with van der Waals surface area (Å²) >= 11 is 13.7. The second kappa shape index (κ2) is 8.04. The van der Waals surface area contributed by atoms with E-state index >= 15 is 0 Å².